The quantitative estimate of drug-likeness (QED) is 0.862. The van der Waals surface area contributed by atoms with Gasteiger partial charge in [0, 0.05) is 38.7 Å². The third kappa shape index (κ3) is 4.03. The van der Waals surface area contributed by atoms with Gasteiger partial charge in [-0.3, -0.25) is 9.88 Å². The number of aromatic nitrogens is 2. The Hall–Kier alpha value is -1.94. The average Bonchev–Trinajstić information content (AvgIpc) is 2.48. The molecule has 0 bridgehead atoms. The summed E-state index contributed by atoms with van der Waals surface area (Å²) < 4.78 is 0. The number of pyridine rings is 2. The molecular weight excluding hydrogens is 236 g/mol. The van der Waals surface area contributed by atoms with Crippen LogP contribution in [0.25, 0.3) is 0 Å². The smallest absolute Gasteiger partial charge is 0.125 e. The summed E-state index contributed by atoms with van der Waals surface area (Å²) in [7, 11) is 1.89. The first-order valence-electron chi connectivity index (χ1n) is 6.55. The van der Waals surface area contributed by atoms with Crippen LogP contribution in [0.2, 0.25) is 0 Å². The zero-order valence-electron chi connectivity index (χ0n) is 11.5. The summed E-state index contributed by atoms with van der Waals surface area (Å²) in [5.41, 5.74) is 2.56. The van der Waals surface area contributed by atoms with E-state index in [1.54, 1.807) is 0 Å². The SMILES string of the molecule is CCN(Cc1ccncc1)Cc1ccnc(NC)c1. The minimum absolute atomic E-state index is 0.914. The Balaban J connectivity index is 2.02. The largest absolute Gasteiger partial charge is 0.373 e. The van der Waals surface area contributed by atoms with Gasteiger partial charge in [0.25, 0.3) is 0 Å². The predicted molar refractivity (Wildman–Crippen MR) is 77.8 cm³/mol. The maximum atomic E-state index is 4.24. The van der Waals surface area contributed by atoms with E-state index in [0.717, 1.165) is 25.5 Å². The highest BCUT2D eigenvalue weighted by Crippen LogP contribution is 2.11. The van der Waals surface area contributed by atoms with E-state index in [-0.39, 0.29) is 0 Å². The van der Waals surface area contributed by atoms with Gasteiger partial charge in [0.15, 0.2) is 0 Å². The number of hydrogen-bond donors (Lipinski definition) is 1. The molecule has 0 saturated heterocycles. The summed E-state index contributed by atoms with van der Waals surface area (Å²) in [6.07, 6.45) is 5.53. The first-order chi connectivity index (χ1) is 9.31. The van der Waals surface area contributed by atoms with E-state index in [9.17, 15) is 0 Å². The molecule has 0 aliphatic rings. The zero-order chi connectivity index (χ0) is 13.5. The molecule has 0 atom stereocenters. The molecule has 19 heavy (non-hydrogen) atoms. The van der Waals surface area contributed by atoms with Crippen LogP contribution < -0.4 is 5.32 Å². The molecule has 2 heterocycles. The van der Waals surface area contributed by atoms with E-state index in [4.69, 9.17) is 0 Å². The number of anilines is 1. The first-order valence-corrected chi connectivity index (χ1v) is 6.55. The van der Waals surface area contributed by atoms with Gasteiger partial charge in [-0.2, -0.15) is 0 Å². The van der Waals surface area contributed by atoms with Crippen molar-refractivity contribution in [3.8, 4) is 0 Å². The highest BCUT2D eigenvalue weighted by molar-refractivity contribution is 5.36. The number of hydrogen-bond acceptors (Lipinski definition) is 4. The van der Waals surface area contributed by atoms with Crippen molar-refractivity contribution in [1.29, 1.82) is 0 Å². The highest BCUT2D eigenvalue weighted by Gasteiger charge is 2.05. The van der Waals surface area contributed by atoms with E-state index < -0.39 is 0 Å². The van der Waals surface area contributed by atoms with Crippen molar-refractivity contribution in [1.82, 2.24) is 14.9 Å². The minimum atomic E-state index is 0.914. The molecule has 0 unspecified atom stereocenters. The predicted octanol–water partition coefficient (Wildman–Crippen LogP) is 2.54. The van der Waals surface area contributed by atoms with E-state index in [1.807, 2.05) is 25.6 Å². The Morgan fingerprint density at radius 2 is 1.74 bits per heavy atom. The third-order valence-electron chi connectivity index (χ3n) is 3.09. The van der Waals surface area contributed by atoms with Gasteiger partial charge in [0.2, 0.25) is 0 Å². The van der Waals surface area contributed by atoms with E-state index in [0.29, 0.717) is 0 Å². The van der Waals surface area contributed by atoms with Crippen LogP contribution in [0.15, 0.2) is 42.9 Å². The molecular formula is C15H20N4. The molecule has 0 amide bonds. The van der Waals surface area contributed by atoms with Crippen LogP contribution in [0, 0.1) is 0 Å². The minimum Gasteiger partial charge on any atom is -0.373 e. The van der Waals surface area contributed by atoms with Gasteiger partial charge < -0.3 is 5.32 Å². The fraction of sp³-hybridized carbons (Fsp3) is 0.333. The van der Waals surface area contributed by atoms with Crippen molar-refractivity contribution in [2.45, 2.75) is 20.0 Å². The Bertz CT molecular complexity index is 499. The molecule has 0 fully saturated rings. The normalized spacial score (nSPS) is 10.7. The Morgan fingerprint density at radius 1 is 1.05 bits per heavy atom. The Morgan fingerprint density at radius 3 is 2.42 bits per heavy atom. The number of nitrogens with zero attached hydrogens (tertiary/aromatic N) is 3. The van der Waals surface area contributed by atoms with E-state index in [2.05, 4.69) is 51.4 Å². The number of nitrogens with one attached hydrogen (secondary N) is 1. The van der Waals surface area contributed by atoms with E-state index in [1.165, 1.54) is 11.1 Å². The molecule has 4 nitrogen and oxygen atoms in total. The van der Waals surface area contributed by atoms with Crippen LogP contribution in [0.1, 0.15) is 18.1 Å². The maximum Gasteiger partial charge on any atom is 0.125 e. The first kappa shape index (κ1) is 13.5. The lowest BCUT2D eigenvalue weighted by molar-refractivity contribution is 0.271. The van der Waals surface area contributed by atoms with Gasteiger partial charge in [-0.25, -0.2) is 4.98 Å². The van der Waals surface area contributed by atoms with E-state index >= 15 is 0 Å². The van der Waals surface area contributed by atoms with Crippen molar-refractivity contribution >= 4 is 5.82 Å². The second-order valence-electron chi connectivity index (χ2n) is 4.46. The monoisotopic (exact) mass is 256 g/mol. The summed E-state index contributed by atoms with van der Waals surface area (Å²) in [6, 6.07) is 8.29. The second-order valence-corrected chi connectivity index (χ2v) is 4.46. The lowest BCUT2D eigenvalue weighted by atomic mass is 10.2. The summed E-state index contributed by atoms with van der Waals surface area (Å²) in [4.78, 5) is 10.7. The van der Waals surface area contributed by atoms with Gasteiger partial charge in [-0.05, 0) is 41.9 Å². The second kappa shape index (κ2) is 6.85. The molecule has 4 heteroatoms. The van der Waals surface area contributed by atoms with Crippen molar-refractivity contribution in [3.63, 3.8) is 0 Å². The van der Waals surface area contributed by atoms with Crippen LogP contribution in [-0.4, -0.2) is 28.5 Å². The molecule has 1 N–H and O–H groups in total. The van der Waals surface area contributed by atoms with Crippen molar-refractivity contribution in [2.24, 2.45) is 0 Å². The fourth-order valence-corrected chi connectivity index (χ4v) is 1.99. The fourth-order valence-electron chi connectivity index (χ4n) is 1.99. The molecule has 100 valence electrons. The summed E-state index contributed by atoms with van der Waals surface area (Å²) in [6.45, 7) is 5.06. The Kier molecular flexibility index (Phi) is 4.86. The van der Waals surface area contributed by atoms with Gasteiger partial charge in [-0.1, -0.05) is 6.92 Å². The Labute approximate surface area is 114 Å². The molecule has 2 aromatic heterocycles. The number of rotatable bonds is 6. The average molecular weight is 256 g/mol. The van der Waals surface area contributed by atoms with Gasteiger partial charge in [0.05, 0.1) is 0 Å². The van der Waals surface area contributed by atoms with Crippen LogP contribution in [0.3, 0.4) is 0 Å². The molecule has 2 aromatic rings. The summed E-state index contributed by atoms with van der Waals surface area (Å²) >= 11 is 0. The lowest BCUT2D eigenvalue weighted by Gasteiger charge is -2.20. The molecule has 0 spiro atoms. The molecule has 2 rings (SSSR count). The van der Waals surface area contributed by atoms with Gasteiger partial charge >= 0.3 is 0 Å². The van der Waals surface area contributed by atoms with Crippen molar-refractivity contribution < 1.29 is 0 Å². The summed E-state index contributed by atoms with van der Waals surface area (Å²) in [5.74, 6) is 0.914. The maximum absolute atomic E-state index is 4.24. The zero-order valence-corrected chi connectivity index (χ0v) is 11.5. The topological polar surface area (TPSA) is 41.1 Å². The highest BCUT2D eigenvalue weighted by atomic mass is 15.1. The van der Waals surface area contributed by atoms with Crippen LogP contribution in [0.5, 0.6) is 0 Å². The van der Waals surface area contributed by atoms with Crippen molar-refractivity contribution in [3.05, 3.63) is 54.0 Å². The van der Waals surface area contributed by atoms with Gasteiger partial charge in [0.1, 0.15) is 5.82 Å². The molecule has 0 aliphatic carbocycles. The molecule has 0 saturated carbocycles. The molecule has 0 radical (unpaired) electrons. The van der Waals surface area contributed by atoms with Crippen molar-refractivity contribution in [2.75, 3.05) is 18.9 Å². The lowest BCUT2D eigenvalue weighted by Crippen LogP contribution is -2.22. The summed E-state index contributed by atoms with van der Waals surface area (Å²) in [5, 5.41) is 3.07. The standard InChI is InChI=1S/C15H20N4/c1-3-19(11-13-4-7-17-8-5-13)12-14-6-9-18-15(10-14)16-2/h4-10H,3,11-12H2,1-2H3,(H,16,18). The van der Waals surface area contributed by atoms with Crippen LogP contribution in [0.4, 0.5) is 5.82 Å². The molecule has 0 aromatic carbocycles. The molecule has 0 aliphatic heterocycles. The van der Waals surface area contributed by atoms with Gasteiger partial charge in [-0.15, -0.1) is 0 Å². The third-order valence-corrected chi connectivity index (χ3v) is 3.09. The van der Waals surface area contributed by atoms with Crippen LogP contribution >= 0.6 is 0 Å². The van der Waals surface area contributed by atoms with Crippen LogP contribution in [-0.2, 0) is 13.1 Å².